The lowest BCUT2D eigenvalue weighted by molar-refractivity contribution is -0.119. The highest BCUT2D eigenvalue weighted by Gasteiger charge is 2.18. The van der Waals surface area contributed by atoms with Crippen LogP contribution < -0.4 is 5.32 Å². The van der Waals surface area contributed by atoms with Crippen LogP contribution in [0.2, 0.25) is 0 Å². The zero-order valence-corrected chi connectivity index (χ0v) is 9.12. The van der Waals surface area contributed by atoms with E-state index in [1.807, 2.05) is 13.8 Å². The van der Waals surface area contributed by atoms with Crippen molar-refractivity contribution >= 4 is 5.91 Å². The highest BCUT2D eigenvalue weighted by Crippen LogP contribution is 2.09. The summed E-state index contributed by atoms with van der Waals surface area (Å²) in [6.07, 6.45) is 1.62. The summed E-state index contributed by atoms with van der Waals surface area (Å²) in [6, 6.07) is 0.223. The fourth-order valence-corrected chi connectivity index (χ4v) is 1.38. The van der Waals surface area contributed by atoms with Crippen LogP contribution in [0.3, 0.4) is 0 Å². The van der Waals surface area contributed by atoms with Crippen LogP contribution in [-0.2, 0) is 4.79 Å². The summed E-state index contributed by atoms with van der Waals surface area (Å²) >= 11 is 0. The molecule has 0 unspecified atom stereocenters. The highest BCUT2D eigenvalue weighted by atomic mass is 16.3. The van der Waals surface area contributed by atoms with Gasteiger partial charge in [-0.05, 0) is 12.8 Å². The molecule has 0 aromatic rings. The van der Waals surface area contributed by atoms with Crippen molar-refractivity contribution in [3.63, 3.8) is 0 Å². The van der Waals surface area contributed by atoms with Gasteiger partial charge in [0.25, 0.3) is 0 Å². The van der Waals surface area contributed by atoms with Gasteiger partial charge in [0.05, 0.1) is 5.29 Å². The molecule has 0 aromatic carbocycles. The van der Waals surface area contributed by atoms with Crippen LogP contribution in [0, 0.1) is 4.91 Å². The molecule has 0 atom stereocenters. The first-order valence-corrected chi connectivity index (χ1v) is 5.07. The molecule has 0 aromatic heterocycles. The van der Waals surface area contributed by atoms with Crippen molar-refractivity contribution in [1.29, 1.82) is 0 Å². The summed E-state index contributed by atoms with van der Waals surface area (Å²) in [5.74, 6) is -0.00693. The molecule has 5 nitrogen and oxygen atoms in total. The summed E-state index contributed by atoms with van der Waals surface area (Å²) in [5, 5.41) is 7.13. The minimum absolute atomic E-state index is 0.00693. The van der Waals surface area contributed by atoms with Crippen molar-refractivity contribution in [2.45, 2.75) is 39.7 Å². The van der Waals surface area contributed by atoms with E-state index in [9.17, 15) is 9.70 Å². The minimum Gasteiger partial charge on any atom is -0.353 e. The molecule has 1 saturated heterocycles. The molecular formula is C9H19N3O2. The maximum absolute atomic E-state index is 10.7. The topological polar surface area (TPSA) is 61.8 Å². The summed E-state index contributed by atoms with van der Waals surface area (Å²) in [6.45, 7) is 6.80. The normalized spacial score (nSPS) is 16.6. The number of piperidine rings is 1. The number of nitrogens with zero attached hydrogens (tertiary/aromatic N) is 2. The van der Waals surface area contributed by atoms with Gasteiger partial charge in [-0.3, -0.25) is 9.80 Å². The fraction of sp³-hybridized carbons (Fsp3) is 0.889. The van der Waals surface area contributed by atoms with Crippen molar-refractivity contribution in [2.75, 3.05) is 13.1 Å². The largest absolute Gasteiger partial charge is 0.353 e. The lowest BCUT2D eigenvalue weighted by Gasteiger charge is -2.27. The smallest absolute Gasteiger partial charge is 0.217 e. The molecule has 1 N–H and O–H groups in total. The molecule has 82 valence electrons. The van der Waals surface area contributed by atoms with Crippen molar-refractivity contribution in [3.8, 4) is 0 Å². The van der Waals surface area contributed by atoms with Crippen molar-refractivity contribution in [3.05, 3.63) is 4.91 Å². The molecule has 1 aliphatic rings. The highest BCUT2D eigenvalue weighted by molar-refractivity contribution is 5.73. The predicted molar refractivity (Wildman–Crippen MR) is 55.6 cm³/mol. The van der Waals surface area contributed by atoms with Crippen molar-refractivity contribution in [1.82, 2.24) is 10.3 Å². The fourth-order valence-electron chi connectivity index (χ4n) is 1.38. The summed E-state index contributed by atoms with van der Waals surface area (Å²) in [5.41, 5.74) is 0. The van der Waals surface area contributed by atoms with Crippen LogP contribution in [0.25, 0.3) is 0 Å². The molecule has 0 aliphatic carbocycles. The lowest BCUT2D eigenvalue weighted by Crippen LogP contribution is -2.42. The molecule has 5 heteroatoms. The predicted octanol–water partition coefficient (Wildman–Crippen LogP) is 1.29. The Kier molecular flexibility index (Phi) is 6.70. The third-order valence-electron chi connectivity index (χ3n) is 1.99. The van der Waals surface area contributed by atoms with Crippen LogP contribution in [0.4, 0.5) is 0 Å². The van der Waals surface area contributed by atoms with Gasteiger partial charge in [0.1, 0.15) is 0 Å². The zero-order chi connectivity index (χ0) is 11.0. The Morgan fingerprint density at radius 1 is 1.36 bits per heavy atom. The average molecular weight is 201 g/mol. The number of amides is 1. The van der Waals surface area contributed by atoms with Gasteiger partial charge in [0, 0.05) is 26.1 Å². The molecule has 1 heterocycles. The van der Waals surface area contributed by atoms with Gasteiger partial charge in [0.15, 0.2) is 0 Å². The second-order valence-electron chi connectivity index (χ2n) is 3.01. The van der Waals surface area contributed by atoms with E-state index in [-0.39, 0.29) is 11.9 Å². The second-order valence-corrected chi connectivity index (χ2v) is 3.01. The van der Waals surface area contributed by atoms with Crippen LogP contribution in [0.1, 0.15) is 33.6 Å². The Morgan fingerprint density at radius 2 is 1.86 bits per heavy atom. The molecule has 1 aliphatic heterocycles. The monoisotopic (exact) mass is 201 g/mol. The third-order valence-corrected chi connectivity index (χ3v) is 1.99. The Bertz CT molecular complexity index is 177. The second kappa shape index (κ2) is 7.29. The van der Waals surface area contributed by atoms with E-state index in [4.69, 9.17) is 0 Å². The Morgan fingerprint density at radius 3 is 2.21 bits per heavy atom. The molecule has 1 amide bonds. The van der Waals surface area contributed by atoms with E-state index in [0.29, 0.717) is 13.1 Å². The molecule has 1 rings (SSSR count). The first-order chi connectivity index (χ1) is 6.72. The van der Waals surface area contributed by atoms with E-state index in [0.717, 1.165) is 12.8 Å². The van der Waals surface area contributed by atoms with Gasteiger partial charge in [-0.15, -0.1) is 4.91 Å². The molecule has 0 spiro atoms. The Hall–Kier alpha value is -1.13. The van der Waals surface area contributed by atoms with Crippen LogP contribution in [0.15, 0.2) is 5.29 Å². The first-order valence-electron chi connectivity index (χ1n) is 5.07. The quantitative estimate of drug-likeness (QED) is 0.685. The van der Waals surface area contributed by atoms with Gasteiger partial charge in [-0.2, -0.15) is 0 Å². The van der Waals surface area contributed by atoms with Gasteiger partial charge < -0.3 is 5.32 Å². The van der Waals surface area contributed by atoms with Crippen molar-refractivity contribution in [2.24, 2.45) is 5.29 Å². The molecule has 1 fully saturated rings. The minimum atomic E-state index is -0.00693. The van der Waals surface area contributed by atoms with Gasteiger partial charge in [-0.1, -0.05) is 13.8 Å². The van der Waals surface area contributed by atoms with E-state index in [1.165, 1.54) is 11.9 Å². The lowest BCUT2D eigenvalue weighted by atomic mass is 10.1. The van der Waals surface area contributed by atoms with E-state index in [2.05, 4.69) is 10.6 Å². The molecule has 0 saturated carbocycles. The maximum Gasteiger partial charge on any atom is 0.217 e. The summed E-state index contributed by atoms with van der Waals surface area (Å²) in [7, 11) is 0. The standard InChI is InChI=1S/C7H13N3O2.C2H6/c1-6(11)8-7-2-4-10(9-12)5-3-7;1-2/h7H,2-5H2,1H3,(H,8,11);1-2H3. The molecule has 0 bridgehead atoms. The number of nitrogens with one attached hydrogen (secondary N) is 1. The van der Waals surface area contributed by atoms with Gasteiger partial charge in [-0.25, -0.2) is 0 Å². The SMILES string of the molecule is CC.CC(=O)NC1CCN(N=O)CC1. The van der Waals surface area contributed by atoms with Gasteiger partial charge >= 0.3 is 0 Å². The molecular weight excluding hydrogens is 182 g/mol. The number of nitroso groups, excluding NO2 is 1. The Labute approximate surface area is 84.8 Å². The Balaban J connectivity index is 0.000000791. The van der Waals surface area contributed by atoms with Crippen LogP contribution >= 0.6 is 0 Å². The van der Waals surface area contributed by atoms with Crippen LogP contribution in [-0.4, -0.2) is 30.0 Å². The van der Waals surface area contributed by atoms with Crippen molar-refractivity contribution < 1.29 is 4.79 Å². The number of carbonyl (C=O) groups is 1. The first kappa shape index (κ1) is 12.9. The summed E-state index contributed by atoms with van der Waals surface area (Å²) in [4.78, 5) is 20.7. The number of hydrogen-bond acceptors (Lipinski definition) is 3. The zero-order valence-electron chi connectivity index (χ0n) is 9.12. The summed E-state index contributed by atoms with van der Waals surface area (Å²) < 4.78 is 0. The third kappa shape index (κ3) is 4.79. The average Bonchev–Trinajstić information content (AvgIpc) is 2.21. The number of rotatable bonds is 2. The number of hydrogen-bond donors (Lipinski definition) is 1. The van der Waals surface area contributed by atoms with Crippen LogP contribution in [0.5, 0.6) is 0 Å². The van der Waals surface area contributed by atoms with E-state index < -0.39 is 0 Å². The van der Waals surface area contributed by atoms with Gasteiger partial charge in [0.2, 0.25) is 5.91 Å². The van der Waals surface area contributed by atoms with E-state index in [1.54, 1.807) is 0 Å². The number of carbonyl (C=O) groups excluding carboxylic acids is 1. The molecule has 0 radical (unpaired) electrons. The molecule has 14 heavy (non-hydrogen) atoms. The maximum atomic E-state index is 10.7. The van der Waals surface area contributed by atoms with E-state index >= 15 is 0 Å².